The maximum atomic E-state index is 12.9. The Kier molecular flexibility index (Phi) is 7.76. The Morgan fingerprint density at radius 2 is 1.73 bits per heavy atom. The number of hydrogen-bond donors (Lipinski definition) is 3. The molecule has 0 radical (unpaired) electrons. The molecule has 164 valence electrons. The van der Waals surface area contributed by atoms with Crippen LogP contribution in [-0.2, 0) is 24.8 Å². The highest BCUT2D eigenvalue weighted by molar-refractivity contribution is 7.92. The van der Waals surface area contributed by atoms with Crippen LogP contribution in [0.15, 0.2) is 47.4 Å². The second kappa shape index (κ2) is 9.87. The van der Waals surface area contributed by atoms with Crippen LogP contribution in [0, 0.1) is 5.82 Å². The van der Waals surface area contributed by atoms with Gasteiger partial charge in [-0.3, -0.25) is 9.52 Å². The van der Waals surface area contributed by atoms with Gasteiger partial charge in [0, 0.05) is 24.7 Å². The van der Waals surface area contributed by atoms with Crippen LogP contribution in [0.4, 0.5) is 15.8 Å². The molecule has 1 amide bonds. The Morgan fingerprint density at radius 3 is 2.33 bits per heavy atom. The molecule has 0 aliphatic rings. The van der Waals surface area contributed by atoms with Gasteiger partial charge >= 0.3 is 0 Å². The summed E-state index contributed by atoms with van der Waals surface area (Å²) in [6, 6.07) is 8.66. The Hall–Kier alpha value is -2.70. The van der Waals surface area contributed by atoms with Crippen molar-refractivity contribution in [3.05, 3.63) is 48.3 Å². The van der Waals surface area contributed by atoms with E-state index in [2.05, 4.69) is 14.8 Å². The number of halogens is 1. The lowest BCUT2D eigenvalue weighted by molar-refractivity contribution is -0.116. The summed E-state index contributed by atoms with van der Waals surface area (Å²) >= 11 is 0. The number of methoxy groups -OCH3 is 1. The van der Waals surface area contributed by atoms with Crippen LogP contribution in [-0.4, -0.2) is 42.2 Å². The van der Waals surface area contributed by atoms with Crippen molar-refractivity contribution < 1.29 is 30.8 Å². The van der Waals surface area contributed by atoms with E-state index in [-0.39, 0.29) is 35.1 Å². The minimum atomic E-state index is -3.86. The van der Waals surface area contributed by atoms with Crippen LogP contribution in [0.1, 0.15) is 13.3 Å². The summed E-state index contributed by atoms with van der Waals surface area (Å²) in [6.45, 7) is 1.32. The molecule has 30 heavy (non-hydrogen) atoms. The number of sulfonamides is 2. The first kappa shape index (κ1) is 23.6. The first-order valence-corrected chi connectivity index (χ1v) is 11.9. The molecule has 0 spiro atoms. The molecule has 0 fully saturated rings. The third-order valence-electron chi connectivity index (χ3n) is 3.90. The lowest BCUT2D eigenvalue weighted by Gasteiger charge is -2.13. The fraction of sp³-hybridized carbons (Fsp3) is 0.278. The van der Waals surface area contributed by atoms with E-state index in [4.69, 9.17) is 4.74 Å². The zero-order valence-electron chi connectivity index (χ0n) is 16.3. The number of hydrogen-bond acceptors (Lipinski definition) is 6. The molecule has 0 saturated heterocycles. The van der Waals surface area contributed by atoms with E-state index in [0.29, 0.717) is 5.69 Å². The molecule has 0 atom stereocenters. The average molecular weight is 460 g/mol. The topological polar surface area (TPSA) is 131 Å². The van der Waals surface area contributed by atoms with Gasteiger partial charge in [-0.25, -0.2) is 25.9 Å². The van der Waals surface area contributed by atoms with Crippen molar-refractivity contribution in [1.82, 2.24) is 4.72 Å². The van der Waals surface area contributed by atoms with Crippen molar-refractivity contribution >= 4 is 37.3 Å². The van der Waals surface area contributed by atoms with Crippen molar-refractivity contribution in [1.29, 1.82) is 0 Å². The molecular formula is C18H22FN3O6S2. The van der Waals surface area contributed by atoms with Crippen LogP contribution in [0.5, 0.6) is 5.75 Å². The Bertz CT molecular complexity index is 1100. The van der Waals surface area contributed by atoms with Crippen molar-refractivity contribution in [2.45, 2.75) is 18.2 Å². The van der Waals surface area contributed by atoms with Crippen LogP contribution >= 0.6 is 0 Å². The molecule has 0 heterocycles. The molecular weight excluding hydrogens is 437 g/mol. The van der Waals surface area contributed by atoms with Gasteiger partial charge in [0.1, 0.15) is 11.6 Å². The fourth-order valence-electron chi connectivity index (χ4n) is 2.31. The van der Waals surface area contributed by atoms with Crippen molar-refractivity contribution in [3.63, 3.8) is 0 Å². The Morgan fingerprint density at radius 1 is 1.07 bits per heavy atom. The van der Waals surface area contributed by atoms with Gasteiger partial charge < -0.3 is 10.1 Å². The number of nitrogens with one attached hydrogen (secondary N) is 3. The van der Waals surface area contributed by atoms with Crippen LogP contribution < -0.4 is 19.5 Å². The summed E-state index contributed by atoms with van der Waals surface area (Å²) in [7, 11) is -6.00. The van der Waals surface area contributed by atoms with E-state index in [1.807, 2.05) is 0 Å². The second-order valence-electron chi connectivity index (χ2n) is 6.07. The molecule has 0 aliphatic heterocycles. The van der Waals surface area contributed by atoms with Crippen LogP contribution in [0.3, 0.4) is 0 Å². The van der Waals surface area contributed by atoms with E-state index in [0.717, 1.165) is 24.3 Å². The predicted molar refractivity (Wildman–Crippen MR) is 111 cm³/mol. The third kappa shape index (κ3) is 6.68. The molecule has 0 unspecified atom stereocenters. The molecule has 2 aromatic rings. The number of anilines is 2. The minimum absolute atomic E-state index is 0.109. The number of carbonyl (C=O) groups is 1. The van der Waals surface area contributed by atoms with E-state index >= 15 is 0 Å². The first-order chi connectivity index (χ1) is 14.1. The lowest BCUT2D eigenvalue weighted by Crippen LogP contribution is -2.27. The standard InChI is InChI=1S/C18H22FN3O6S2/c1-3-29(24,25)22-16-9-6-14(12-17(16)28-2)21-18(23)10-11-20-30(26,27)15-7-4-13(19)5-8-15/h4-9,12,20,22H,3,10-11H2,1-2H3,(H,21,23). The average Bonchev–Trinajstić information content (AvgIpc) is 2.69. The molecule has 0 aliphatic carbocycles. The van der Waals surface area contributed by atoms with Crippen LogP contribution in [0.25, 0.3) is 0 Å². The van der Waals surface area contributed by atoms with Crippen molar-refractivity contribution in [2.75, 3.05) is 29.4 Å². The molecule has 2 aromatic carbocycles. The number of benzene rings is 2. The Labute approximate surface area is 174 Å². The largest absolute Gasteiger partial charge is 0.494 e. The highest BCUT2D eigenvalue weighted by atomic mass is 32.2. The monoisotopic (exact) mass is 459 g/mol. The van der Waals surface area contributed by atoms with E-state index in [9.17, 15) is 26.0 Å². The fourth-order valence-corrected chi connectivity index (χ4v) is 3.99. The summed E-state index contributed by atoms with van der Waals surface area (Å²) in [5, 5.41) is 2.57. The molecule has 12 heteroatoms. The summed E-state index contributed by atoms with van der Waals surface area (Å²) in [5.74, 6) is -0.928. The van der Waals surface area contributed by atoms with E-state index in [1.165, 1.54) is 32.2 Å². The van der Waals surface area contributed by atoms with Gasteiger partial charge in [-0.2, -0.15) is 0 Å². The van der Waals surface area contributed by atoms with Gasteiger partial charge in [-0.05, 0) is 43.3 Å². The van der Waals surface area contributed by atoms with Gasteiger partial charge in [-0.15, -0.1) is 0 Å². The number of rotatable bonds is 10. The smallest absolute Gasteiger partial charge is 0.240 e. The van der Waals surface area contributed by atoms with Gasteiger partial charge in [0.15, 0.2) is 0 Å². The van der Waals surface area contributed by atoms with E-state index < -0.39 is 31.8 Å². The highest BCUT2D eigenvalue weighted by Crippen LogP contribution is 2.29. The molecule has 0 bridgehead atoms. The summed E-state index contributed by atoms with van der Waals surface area (Å²) in [5.41, 5.74) is 0.571. The zero-order valence-corrected chi connectivity index (χ0v) is 17.9. The van der Waals surface area contributed by atoms with E-state index in [1.54, 1.807) is 0 Å². The number of carbonyl (C=O) groups excluding carboxylic acids is 1. The molecule has 0 saturated carbocycles. The summed E-state index contributed by atoms with van der Waals surface area (Å²) < 4.78 is 70.3. The molecule has 9 nitrogen and oxygen atoms in total. The molecule has 3 N–H and O–H groups in total. The maximum Gasteiger partial charge on any atom is 0.240 e. The van der Waals surface area contributed by atoms with Crippen LogP contribution in [0.2, 0.25) is 0 Å². The SMILES string of the molecule is CCS(=O)(=O)Nc1ccc(NC(=O)CCNS(=O)(=O)c2ccc(F)cc2)cc1OC. The minimum Gasteiger partial charge on any atom is -0.494 e. The van der Waals surface area contributed by atoms with Gasteiger partial charge in [0.25, 0.3) is 0 Å². The quantitative estimate of drug-likeness (QED) is 0.497. The van der Waals surface area contributed by atoms with Gasteiger partial charge in [0.2, 0.25) is 26.0 Å². The molecule has 2 rings (SSSR count). The normalized spacial score (nSPS) is 11.7. The summed E-state index contributed by atoms with van der Waals surface area (Å²) in [4.78, 5) is 12.0. The van der Waals surface area contributed by atoms with Crippen molar-refractivity contribution in [2.24, 2.45) is 0 Å². The predicted octanol–water partition coefficient (Wildman–Crippen LogP) is 1.90. The molecule has 0 aromatic heterocycles. The second-order valence-corrected chi connectivity index (χ2v) is 9.85. The maximum absolute atomic E-state index is 12.9. The zero-order chi connectivity index (χ0) is 22.4. The Balaban J connectivity index is 1.95. The summed E-state index contributed by atoms with van der Waals surface area (Å²) in [6.07, 6.45) is -0.160. The lowest BCUT2D eigenvalue weighted by atomic mass is 10.2. The van der Waals surface area contributed by atoms with Gasteiger partial charge in [0.05, 0.1) is 23.4 Å². The van der Waals surface area contributed by atoms with Crippen molar-refractivity contribution in [3.8, 4) is 5.75 Å². The first-order valence-electron chi connectivity index (χ1n) is 8.80. The highest BCUT2D eigenvalue weighted by Gasteiger charge is 2.15. The van der Waals surface area contributed by atoms with Gasteiger partial charge in [-0.1, -0.05) is 0 Å². The number of amides is 1. The number of ether oxygens (including phenoxy) is 1. The third-order valence-corrected chi connectivity index (χ3v) is 6.67.